The first-order chi connectivity index (χ1) is 11.1. The molecule has 8 nitrogen and oxygen atoms in total. The second-order valence-corrected chi connectivity index (χ2v) is 5.59. The highest BCUT2D eigenvalue weighted by Crippen LogP contribution is 2.28. The number of carbonyl (C=O) groups excluding carboxylic acids is 3. The average Bonchev–Trinajstić information content (AvgIpc) is 3.16. The Morgan fingerprint density at radius 3 is 2.83 bits per heavy atom. The number of imide groups is 1. The van der Waals surface area contributed by atoms with Crippen LogP contribution >= 0.6 is 0 Å². The van der Waals surface area contributed by atoms with E-state index in [0.29, 0.717) is 18.5 Å². The van der Waals surface area contributed by atoms with Crippen molar-refractivity contribution in [2.24, 2.45) is 0 Å². The van der Waals surface area contributed by atoms with E-state index in [1.807, 2.05) is 12.1 Å². The highest BCUT2D eigenvalue weighted by Gasteiger charge is 2.39. The number of nitrogens with zero attached hydrogens (tertiary/aromatic N) is 4. The van der Waals surface area contributed by atoms with Gasteiger partial charge in [-0.1, -0.05) is 11.3 Å². The van der Waals surface area contributed by atoms with Crippen molar-refractivity contribution in [2.45, 2.75) is 25.4 Å². The largest absolute Gasteiger partial charge is 0.322 e. The molecule has 0 spiro atoms. The molecular formula is C15H13N5O3. The maximum absolute atomic E-state index is 12.7. The van der Waals surface area contributed by atoms with Crippen LogP contribution in [0.5, 0.6) is 0 Å². The van der Waals surface area contributed by atoms with Gasteiger partial charge in [-0.15, -0.1) is 5.10 Å². The maximum Gasteiger partial charge on any atom is 0.255 e. The number of benzene rings is 1. The summed E-state index contributed by atoms with van der Waals surface area (Å²) in [6.45, 7) is 0.373. The van der Waals surface area contributed by atoms with E-state index in [0.717, 1.165) is 11.3 Å². The van der Waals surface area contributed by atoms with Gasteiger partial charge in [-0.2, -0.15) is 0 Å². The van der Waals surface area contributed by atoms with Crippen molar-refractivity contribution in [1.82, 2.24) is 25.2 Å². The van der Waals surface area contributed by atoms with Gasteiger partial charge in [0.1, 0.15) is 6.04 Å². The zero-order valence-corrected chi connectivity index (χ0v) is 12.1. The van der Waals surface area contributed by atoms with Crippen LogP contribution in [-0.4, -0.2) is 43.7 Å². The van der Waals surface area contributed by atoms with Gasteiger partial charge >= 0.3 is 0 Å². The topological polar surface area (TPSA) is 97.2 Å². The Morgan fingerprint density at radius 1 is 1.22 bits per heavy atom. The van der Waals surface area contributed by atoms with Crippen LogP contribution in [0.3, 0.4) is 0 Å². The molecule has 2 aromatic rings. The summed E-state index contributed by atoms with van der Waals surface area (Å²) in [6.07, 6.45) is 3.87. The Morgan fingerprint density at radius 2 is 2.09 bits per heavy atom. The van der Waals surface area contributed by atoms with Crippen molar-refractivity contribution < 1.29 is 14.4 Å². The zero-order valence-electron chi connectivity index (χ0n) is 12.1. The van der Waals surface area contributed by atoms with Crippen LogP contribution in [0.15, 0.2) is 30.6 Å². The third-order valence-electron chi connectivity index (χ3n) is 4.20. The fraction of sp³-hybridized carbons (Fsp3) is 0.267. The molecule has 1 atom stereocenters. The second-order valence-electron chi connectivity index (χ2n) is 5.59. The summed E-state index contributed by atoms with van der Waals surface area (Å²) in [4.78, 5) is 37.4. The van der Waals surface area contributed by atoms with Crippen molar-refractivity contribution in [3.63, 3.8) is 0 Å². The Kier molecular flexibility index (Phi) is 2.97. The van der Waals surface area contributed by atoms with E-state index >= 15 is 0 Å². The smallest absolute Gasteiger partial charge is 0.255 e. The summed E-state index contributed by atoms with van der Waals surface area (Å²) in [7, 11) is 0. The van der Waals surface area contributed by atoms with Gasteiger partial charge in [0.2, 0.25) is 11.8 Å². The number of carbonyl (C=O) groups is 3. The molecule has 1 N–H and O–H groups in total. The molecule has 3 heterocycles. The highest BCUT2D eigenvalue weighted by molar-refractivity contribution is 6.05. The van der Waals surface area contributed by atoms with Crippen molar-refractivity contribution in [3.8, 4) is 5.69 Å². The predicted octanol–water partition coefficient (Wildman–Crippen LogP) is 0.0283. The first kappa shape index (κ1) is 13.6. The Hall–Kier alpha value is -3.03. The van der Waals surface area contributed by atoms with Crippen molar-refractivity contribution >= 4 is 17.7 Å². The van der Waals surface area contributed by atoms with Gasteiger partial charge in [-0.05, 0) is 24.1 Å². The molecule has 0 radical (unpaired) electrons. The third-order valence-corrected chi connectivity index (χ3v) is 4.20. The van der Waals surface area contributed by atoms with Gasteiger partial charge in [0.05, 0.1) is 18.1 Å². The highest BCUT2D eigenvalue weighted by atomic mass is 16.2. The molecule has 0 aliphatic carbocycles. The standard InChI is InChI=1S/C15H13N5O3/c21-13-4-3-12(14(22)17-13)19-8-9-1-2-10(7-11(9)15(19)23)20-6-5-16-18-20/h1-2,5-7,12H,3-4,8H2,(H,17,21,22). The minimum Gasteiger partial charge on any atom is -0.322 e. The van der Waals surface area contributed by atoms with E-state index < -0.39 is 11.9 Å². The Balaban J connectivity index is 1.63. The number of piperidine rings is 1. The van der Waals surface area contributed by atoms with Crippen LogP contribution in [-0.2, 0) is 16.1 Å². The first-order valence-electron chi connectivity index (χ1n) is 7.28. The summed E-state index contributed by atoms with van der Waals surface area (Å²) in [5.74, 6) is -0.890. The van der Waals surface area contributed by atoms with Crippen LogP contribution in [0.25, 0.3) is 5.69 Å². The molecular weight excluding hydrogens is 298 g/mol. The van der Waals surface area contributed by atoms with E-state index in [-0.39, 0.29) is 18.2 Å². The van der Waals surface area contributed by atoms with Crippen LogP contribution in [0.1, 0.15) is 28.8 Å². The number of nitrogens with one attached hydrogen (secondary N) is 1. The molecule has 23 heavy (non-hydrogen) atoms. The van der Waals surface area contributed by atoms with Gasteiger partial charge < -0.3 is 4.90 Å². The Bertz CT molecular complexity index is 815. The van der Waals surface area contributed by atoms with Crippen LogP contribution in [0, 0.1) is 0 Å². The summed E-state index contributed by atoms with van der Waals surface area (Å²) in [5, 5.41) is 9.95. The minimum atomic E-state index is -0.595. The molecule has 1 saturated heterocycles. The quantitative estimate of drug-likeness (QED) is 0.789. The summed E-state index contributed by atoms with van der Waals surface area (Å²) >= 11 is 0. The lowest BCUT2D eigenvalue weighted by Crippen LogP contribution is -2.52. The van der Waals surface area contributed by atoms with Gasteiger partial charge in [-0.25, -0.2) is 4.68 Å². The van der Waals surface area contributed by atoms with E-state index in [1.54, 1.807) is 23.1 Å². The van der Waals surface area contributed by atoms with Crippen molar-refractivity contribution in [2.75, 3.05) is 0 Å². The summed E-state index contributed by atoms with van der Waals surface area (Å²) < 4.78 is 1.57. The van der Waals surface area contributed by atoms with Crippen molar-refractivity contribution in [3.05, 3.63) is 41.7 Å². The molecule has 2 aliphatic rings. The van der Waals surface area contributed by atoms with Gasteiger partial charge in [0, 0.05) is 18.5 Å². The molecule has 116 valence electrons. The van der Waals surface area contributed by atoms with E-state index in [2.05, 4.69) is 15.6 Å². The summed E-state index contributed by atoms with van der Waals surface area (Å²) in [6, 6.07) is 4.87. The third kappa shape index (κ3) is 2.19. The molecule has 2 aliphatic heterocycles. The second kappa shape index (κ2) is 5.01. The number of amides is 3. The Labute approximate surface area is 131 Å². The average molecular weight is 311 g/mol. The van der Waals surface area contributed by atoms with E-state index in [1.165, 1.54) is 4.90 Å². The van der Waals surface area contributed by atoms with E-state index in [4.69, 9.17) is 0 Å². The molecule has 1 aromatic carbocycles. The number of hydrogen-bond acceptors (Lipinski definition) is 5. The SMILES string of the molecule is O=C1CCC(N2Cc3ccc(-n4ccnn4)cc3C2=O)C(=O)N1. The number of fused-ring (bicyclic) bond motifs is 1. The lowest BCUT2D eigenvalue weighted by molar-refractivity contribution is -0.136. The molecule has 1 unspecified atom stereocenters. The fourth-order valence-electron chi connectivity index (χ4n) is 3.03. The normalized spacial score (nSPS) is 20.6. The monoisotopic (exact) mass is 311 g/mol. The molecule has 0 bridgehead atoms. The minimum absolute atomic E-state index is 0.198. The van der Waals surface area contributed by atoms with Crippen LogP contribution < -0.4 is 5.32 Å². The summed E-state index contributed by atoms with van der Waals surface area (Å²) in [5.41, 5.74) is 2.16. The molecule has 3 amide bonds. The van der Waals surface area contributed by atoms with E-state index in [9.17, 15) is 14.4 Å². The van der Waals surface area contributed by atoms with Gasteiger partial charge in [-0.3, -0.25) is 19.7 Å². The number of hydrogen-bond donors (Lipinski definition) is 1. The molecule has 1 aromatic heterocycles. The maximum atomic E-state index is 12.7. The lowest BCUT2D eigenvalue weighted by atomic mass is 10.0. The number of aromatic nitrogens is 3. The van der Waals surface area contributed by atoms with Crippen LogP contribution in [0.4, 0.5) is 0 Å². The number of rotatable bonds is 2. The lowest BCUT2D eigenvalue weighted by Gasteiger charge is -2.29. The predicted molar refractivity (Wildman–Crippen MR) is 77.4 cm³/mol. The molecule has 0 saturated carbocycles. The molecule has 1 fully saturated rings. The zero-order chi connectivity index (χ0) is 16.0. The fourth-order valence-corrected chi connectivity index (χ4v) is 3.03. The van der Waals surface area contributed by atoms with Gasteiger partial charge in [0.25, 0.3) is 5.91 Å². The first-order valence-corrected chi connectivity index (χ1v) is 7.28. The molecule has 8 heteroatoms. The molecule has 4 rings (SSSR count). The van der Waals surface area contributed by atoms with Gasteiger partial charge in [0.15, 0.2) is 0 Å². The van der Waals surface area contributed by atoms with Crippen LogP contribution in [0.2, 0.25) is 0 Å². The van der Waals surface area contributed by atoms with Crippen molar-refractivity contribution in [1.29, 1.82) is 0 Å².